The van der Waals surface area contributed by atoms with Crippen LogP contribution in [0.2, 0.25) is 0 Å². The lowest BCUT2D eigenvalue weighted by atomic mass is 10.0. The van der Waals surface area contributed by atoms with Gasteiger partial charge in [-0.25, -0.2) is 0 Å². The number of nitrogens with zero attached hydrogens (tertiary/aromatic N) is 1. The van der Waals surface area contributed by atoms with E-state index in [-0.39, 0.29) is 11.5 Å². The summed E-state index contributed by atoms with van der Waals surface area (Å²) in [6.07, 6.45) is 9.28. The molecular weight excluding hydrogens is 280 g/mol. The Kier molecular flexibility index (Phi) is 4.77. The van der Waals surface area contributed by atoms with Crippen molar-refractivity contribution in [2.75, 3.05) is 5.32 Å². The van der Waals surface area contributed by atoms with Crippen LogP contribution in [0.4, 0.5) is 5.69 Å². The summed E-state index contributed by atoms with van der Waals surface area (Å²) in [5.41, 5.74) is 8.30. The monoisotopic (exact) mass is 296 g/mol. The molecule has 6 N–H and O–H groups in total. The Balaban J connectivity index is 2.20. The first-order chi connectivity index (χ1) is 10.7. The SMILES string of the molecule is N=CC(=CN)c1ccncc1/C=C/Nc1ccc(O)c(O)c1. The number of nitrogens with one attached hydrogen (secondary N) is 2. The lowest BCUT2D eigenvalue weighted by Crippen LogP contribution is -1.95. The number of allylic oxidation sites excluding steroid dienone is 1. The highest BCUT2D eigenvalue weighted by atomic mass is 16.3. The second-order valence-electron chi connectivity index (χ2n) is 4.41. The van der Waals surface area contributed by atoms with E-state index < -0.39 is 0 Å². The first-order valence-electron chi connectivity index (χ1n) is 6.47. The lowest BCUT2D eigenvalue weighted by molar-refractivity contribution is 0.404. The summed E-state index contributed by atoms with van der Waals surface area (Å²) in [5.74, 6) is -0.370. The number of hydrogen-bond donors (Lipinski definition) is 5. The maximum atomic E-state index is 9.43. The van der Waals surface area contributed by atoms with Crippen molar-refractivity contribution in [3.63, 3.8) is 0 Å². The lowest BCUT2D eigenvalue weighted by Gasteiger charge is -2.06. The summed E-state index contributed by atoms with van der Waals surface area (Å²) >= 11 is 0. The fourth-order valence-corrected chi connectivity index (χ4v) is 1.86. The molecule has 6 nitrogen and oxygen atoms in total. The van der Waals surface area contributed by atoms with E-state index in [2.05, 4.69) is 10.3 Å². The van der Waals surface area contributed by atoms with Crippen LogP contribution in [-0.2, 0) is 0 Å². The van der Waals surface area contributed by atoms with Crippen molar-refractivity contribution in [2.45, 2.75) is 0 Å². The molecule has 1 heterocycles. The molecule has 0 saturated heterocycles. The van der Waals surface area contributed by atoms with Crippen LogP contribution in [0.3, 0.4) is 0 Å². The Morgan fingerprint density at radius 1 is 1.23 bits per heavy atom. The van der Waals surface area contributed by atoms with E-state index in [0.29, 0.717) is 11.3 Å². The Labute approximate surface area is 127 Å². The van der Waals surface area contributed by atoms with Crippen molar-refractivity contribution in [3.8, 4) is 11.5 Å². The number of rotatable bonds is 5. The first kappa shape index (κ1) is 15.1. The van der Waals surface area contributed by atoms with Gasteiger partial charge in [0.25, 0.3) is 0 Å². The smallest absolute Gasteiger partial charge is 0.159 e. The molecule has 22 heavy (non-hydrogen) atoms. The van der Waals surface area contributed by atoms with Crippen molar-refractivity contribution in [2.24, 2.45) is 5.73 Å². The standard InChI is InChI=1S/C16H16N4O2/c17-8-12(9-18)14-4-5-19-10-11(14)3-6-20-13-1-2-15(21)16(22)7-13/h1-10,17,20-22H,18H2/b6-3+,12-9?,17-8?. The summed E-state index contributed by atoms with van der Waals surface area (Å²) < 4.78 is 0. The van der Waals surface area contributed by atoms with Crippen molar-refractivity contribution in [3.05, 3.63) is 60.2 Å². The van der Waals surface area contributed by atoms with E-state index in [9.17, 15) is 10.2 Å². The molecule has 0 radical (unpaired) electrons. The first-order valence-corrected chi connectivity index (χ1v) is 6.47. The molecule has 0 atom stereocenters. The zero-order chi connectivity index (χ0) is 15.9. The molecule has 0 aliphatic carbocycles. The topological polar surface area (TPSA) is 115 Å². The Hall–Kier alpha value is -3.28. The number of benzene rings is 1. The molecule has 0 aliphatic rings. The predicted octanol–water partition coefficient (Wildman–Crippen LogP) is 2.52. The van der Waals surface area contributed by atoms with Crippen LogP contribution >= 0.6 is 0 Å². The molecule has 0 fully saturated rings. The number of anilines is 1. The van der Waals surface area contributed by atoms with Gasteiger partial charge in [0, 0.05) is 53.9 Å². The minimum atomic E-state index is -0.197. The van der Waals surface area contributed by atoms with Gasteiger partial charge in [-0.15, -0.1) is 0 Å². The third-order valence-corrected chi connectivity index (χ3v) is 2.99. The minimum absolute atomic E-state index is 0.173. The number of pyridine rings is 1. The van der Waals surface area contributed by atoms with E-state index in [1.807, 2.05) is 0 Å². The fourth-order valence-electron chi connectivity index (χ4n) is 1.86. The summed E-state index contributed by atoms with van der Waals surface area (Å²) in [6.45, 7) is 0. The molecular formula is C16H16N4O2. The van der Waals surface area contributed by atoms with Gasteiger partial charge >= 0.3 is 0 Å². The number of aromatic nitrogens is 1. The number of phenols is 2. The van der Waals surface area contributed by atoms with Gasteiger partial charge in [-0.2, -0.15) is 0 Å². The number of aromatic hydroxyl groups is 2. The van der Waals surface area contributed by atoms with E-state index in [4.69, 9.17) is 11.1 Å². The van der Waals surface area contributed by atoms with Gasteiger partial charge in [-0.05, 0) is 29.8 Å². The van der Waals surface area contributed by atoms with Gasteiger partial charge in [0.2, 0.25) is 0 Å². The molecule has 2 aromatic rings. The summed E-state index contributed by atoms with van der Waals surface area (Å²) in [7, 11) is 0. The van der Waals surface area contributed by atoms with Crippen LogP contribution in [0.15, 0.2) is 49.1 Å². The third-order valence-electron chi connectivity index (χ3n) is 2.99. The Morgan fingerprint density at radius 3 is 2.73 bits per heavy atom. The summed E-state index contributed by atoms with van der Waals surface area (Å²) in [6, 6.07) is 6.21. The summed E-state index contributed by atoms with van der Waals surface area (Å²) in [4.78, 5) is 4.05. The molecule has 0 amide bonds. The highest BCUT2D eigenvalue weighted by Gasteiger charge is 2.03. The Morgan fingerprint density at radius 2 is 2.05 bits per heavy atom. The van der Waals surface area contributed by atoms with Crippen molar-refractivity contribution in [1.82, 2.24) is 4.98 Å². The van der Waals surface area contributed by atoms with Gasteiger partial charge in [-0.3, -0.25) is 4.98 Å². The van der Waals surface area contributed by atoms with Crippen LogP contribution in [0.25, 0.3) is 11.6 Å². The molecule has 0 bridgehead atoms. The van der Waals surface area contributed by atoms with E-state index in [1.54, 1.807) is 36.8 Å². The van der Waals surface area contributed by atoms with Gasteiger partial charge in [0.05, 0.1) is 0 Å². The second-order valence-corrected chi connectivity index (χ2v) is 4.41. The number of phenolic OH excluding ortho intramolecular Hbond substituents is 2. The van der Waals surface area contributed by atoms with Gasteiger partial charge in [-0.1, -0.05) is 0 Å². The zero-order valence-electron chi connectivity index (χ0n) is 11.7. The molecule has 112 valence electrons. The highest BCUT2D eigenvalue weighted by Crippen LogP contribution is 2.27. The average Bonchev–Trinajstić information content (AvgIpc) is 2.53. The molecule has 0 saturated carbocycles. The minimum Gasteiger partial charge on any atom is -0.504 e. The molecule has 1 aromatic carbocycles. The molecule has 6 heteroatoms. The number of hydrogen-bond acceptors (Lipinski definition) is 6. The summed E-state index contributed by atoms with van der Waals surface area (Å²) in [5, 5.41) is 29.0. The zero-order valence-corrected chi connectivity index (χ0v) is 11.7. The molecule has 2 rings (SSSR count). The fraction of sp³-hybridized carbons (Fsp3) is 0. The van der Waals surface area contributed by atoms with Crippen LogP contribution < -0.4 is 11.1 Å². The van der Waals surface area contributed by atoms with Crippen molar-refractivity contribution in [1.29, 1.82) is 5.41 Å². The van der Waals surface area contributed by atoms with Crippen molar-refractivity contribution < 1.29 is 10.2 Å². The second kappa shape index (κ2) is 6.94. The van der Waals surface area contributed by atoms with Crippen LogP contribution in [0.1, 0.15) is 11.1 Å². The van der Waals surface area contributed by atoms with Crippen LogP contribution in [0, 0.1) is 5.41 Å². The number of nitrogens with two attached hydrogens (primary N) is 1. The average molecular weight is 296 g/mol. The van der Waals surface area contributed by atoms with Gasteiger partial charge in [0.15, 0.2) is 11.5 Å². The molecule has 0 aliphatic heterocycles. The van der Waals surface area contributed by atoms with E-state index in [1.165, 1.54) is 24.5 Å². The molecule has 0 spiro atoms. The predicted molar refractivity (Wildman–Crippen MR) is 87.6 cm³/mol. The maximum absolute atomic E-state index is 9.43. The van der Waals surface area contributed by atoms with Crippen LogP contribution in [0.5, 0.6) is 11.5 Å². The quantitative estimate of drug-likeness (QED) is 0.330. The van der Waals surface area contributed by atoms with Gasteiger partial charge in [0.1, 0.15) is 0 Å². The molecule has 1 aromatic heterocycles. The van der Waals surface area contributed by atoms with Crippen molar-refractivity contribution >= 4 is 23.6 Å². The third kappa shape index (κ3) is 3.43. The van der Waals surface area contributed by atoms with Crippen LogP contribution in [-0.4, -0.2) is 21.4 Å². The maximum Gasteiger partial charge on any atom is 0.159 e. The molecule has 0 unspecified atom stereocenters. The Bertz CT molecular complexity index is 739. The largest absolute Gasteiger partial charge is 0.504 e. The van der Waals surface area contributed by atoms with Gasteiger partial charge < -0.3 is 26.7 Å². The van der Waals surface area contributed by atoms with E-state index >= 15 is 0 Å². The normalized spacial score (nSPS) is 11.5. The van der Waals surface area contributed by atoms with E-state index in [0.717, 1.165) is 11.1 Å². The highest BCUT2D eigenvalue weighted by molar-refractivity contribution is 6.09.